The third-order valence-corrected chi connectivity index (χ3v) is 7.14. The average Bonchev–Trinajstić information content (AvgIpc) is 3.21. The molecule has 1 amide bonds. The molecule has 0 unspecified atom stereocenters. The van der Waals surface area contributed by atoms with Crippen molar-refractivity contribution < 1.29 is 13.2 Å². The van der Waals surface area contributed by atoms with Gasteiger partial charge >= 0.3 is 0 Å². The van der Waals surface area contributed by atoms with Crippen molar-refractivity contribution in [3.8, 4) is 0 Å². The van der Waals surface area contributed by atoms with Crippen molar-refractivity contribution in [3.05, 3.63) is 51.2 Å². The summed E-state index contributed by atoms with van der Waals surface area (Å²) in [6.07, 6.45) is 1.65. The minimum absolute atomic E-state index is 0.0299. The number of nitrogens with one attached hydrogen (secondary N) is 2. The van der Waals surface area contributed by atoms with Gasteiger partial charge in [0.15, 0.2) is 0 Å². The molecule has 3 rings (SSSR count). The van der Waals surface area contributed by atoms with Gasteiger partial charge in [-0.05, 0) is 48.4 Å². The van der Waals surface area contributed by atoms with E-state index in [2.05, 4.69) is 10.0 Å². The first-order valence-corrected chi connectivity index (χ1v) is 11.2. The lowest BCUT2D eigenvalue weighted by Gasteiger charge is -2.21. The van der Waals surface area contributed by atoms with Crippen molar-refractivity contribution in [2.45, 2.75) is 43.7 Å². The molecule has 1 heterocycles. The zero-order chi connectivity index (χ0) is 18.9. The number of amides is 1. The van der Waals surface area contributed by atoms with Crippen LogP contribution in [0.3, 0.4) is 0 Å². The van der Waals surface area contributed by atoms with Crippen LogP contribution in [0, 0.1) is 5.92 Å². The third-order valence-electron chi connectivity index (χ3n) is 4.19. The number of thiophene rings is 1. The molecule has 8 heteroatoms. The van der Waals surface area contributed by atoms with Gasteiger partial charge in [0.2, 0.25) is 10.0 Å². The maximum Gasteiger partial charge on any atom is 0.251 e. The van der Waals surface area contributed by atoms with E-state index in [0.717, 1.165) is 17.7 Å². The molecule has 1 aromatic heterocycles. The van der Waals surface area contributed by atoms with Gasteiger partial charge in [-0.1, -0.05) is 31.5 Å². The Balaban J connectivity index is 1.84. The van der Waals surface area contributed by atoms with Gasteiger partial charge < -0.3 is 5.32 Å². The number of hydrogen-bond donors (Lipinski definition) is 2. The van der Waals surface area contributed by atoms with E-state index in [0.29, 0.717) is 0 Å². The van der Waals surface area contributed by atoms with Crippen molar-refractivity contribution in [2.24, 2.45) is 5.92 Å². The fourth-order valence-electron chi connectivity index (χ4n) is 2.59. The van der Waals surface area contributed by atoms with E-state index in [1.807, 2.05) is 31.4 Å². The van der Waals surface area contributed by atoms with Crippen LogP contribution in [0.5, 0.6) is 0 Å². The standard InChI is InChI=1S/C18H21ClN2O3S2/c1-11(2)17(15-4-3-9-25-15)20-18(22)12-5-8-14(19)16(10-12)26(23,24)21-13-6-7-13/h3-5,8-11,13,17,21H,6-7H2,1-2H3,(H,20,22)/t17-/m1/s1. The summed E-state index contributed by atoms with van der Waals surface area (Å²) in [7, 11) is -3.73. The van der Waals surface area contributed by atoms with Crippen molar-refractivity contribution in [1.82, 2.24) is 10.0 Å². The maximum atomic E-state index is 12.7. The molecule has 0 saturated heterocycles. The van der Waals surface area contributed by atoms with Crippen LogP contribution in [0.25, 0.3) is 0 Å². The predicted molar refractivity (Wildman–Crippen MR) is 104 cm³/mol. The molecule has 1 fully saturated rings. The summed E-state index contributed by atoms with van der Waals surface area (Å²) in [5.74, 6) is -0.124. The SMILES string of the molecule is CC(C)[C@@H](NC(=O)c1ccc(Cl)c(S(=O)(=O)NC2CC2)c1)c1cccs1. The molecular weight excluding hydrogens is 392 g/mol. The third kappa shape index (κ3) is 4.46. The van der Waals surface area contributed by atoms with Crippen LogP contribution in [0.1, 0.15) is 48.0 Å². The Labute approximate surface area is 162 Å². The zero-order valence-corrected chi connectivity index (χ0v) is 16.9. The highest BCUT2D eigenvalue weighted by molar-refractivity contribution is 7.89. The van der Waals surface area contributed by atoms with Gasteiger partial charge in [0.1, 0.15) is 4.90 Å². The average molecular weight is 413 g/mol. The molecule has 140 valence electrons. The Morgan fingerprint density at radius 1 is 1.27 bits per heavy atom. The van der Waals surface area contributed by atoms with Crippen LogP contribution in [-0.4, -0.2) is 20.4 Å². The van der Waals surface area contributed by atoms with Crippen LogP contribution in [0.15, 0.2) is 40.6 Å². The molecule has 0 aliphatic heterocycles. The van der Waals surface area contributed by atoms with E-state index in [-0.39, 0.29) is 39.4 Å². The predicted octanol–water partition coefficient (Wildman–Crippen LogP) is 3.97. The number of carbonyl (C=O) groups excluding carboxylic acids is 1. The minimum atomic E-state index is -3.73. The van der Waals surface area contributed by atoms with E-state index in [9.17, 15) is 13.2 Å². The second kappa shape index (κ2) is 7.68. The second-order valence-corrected chi connectivity index (χ2v) is 9.82. The van der Waals surface area contributed by atoms with Gasteiger partial charge in [-0.15, -0.1) is 11.3 Å². The van der Waals surface area contributed by atoms with Crippen LogP contribution < -0.4 is 10.0 Å². The van der Waals surface area contributed by atoms with Crippen LogP contribution in [0.2, 0.25) is 5.02 Å². The maximum absolute atomic E-state index is 12.7. The molecular formula is C18H21ClN2O3S2. The molecule has 26 heavy (non-hydrogen) atoms. The Kier molecular flexibility index (Phi) is 5.72. The Morgan fingerprint density at radius 2 is 2.00 bits per heavy atom. The van der Waals surface area contributed by atoms with Crippen molar-refractivity contribution in [3.63, 3.8) is 0 Å². The highest BCUT2D eigenvalue weighted by Crippen LogP contribution is 2.29. The summed E-state index contributed by atoms with van der Waals surface area (Å²) >= 11 is 7.66. The molecule has 0 radical (unpaired) electrons. The fourth-order valence-corrected chi connectivity index (χ4v) is 5.37. The number of carbonyl (C=O) groups is 1. The fraction of sp³-hybridized carbons (Fsp3) is 0.389. The van der Waals surface area contributed by atoms with Crippen LogP contribution >= 0.6 is 22.9 Å². The molecule has 2 N–H and O–H groups in total. The lowest BCUT2D eigenvalue weighted by Crippen LogP contribution is -2.31. The largest absolute Gasteiger partial charge is 0.344 e. The molecule has 2 aromatic rings. The van der Waals surface area contributed by atoms with Gasteiger partial charge in [-0.3, -0.25) is 4.79 Å². The van der Waals surface area contributed by atoms with E-state index in [1.54, 1.807) is 17.4 Å². The Morgan fingerprint density at radius 3 is 2.58 bits per heavy atom. The summed E-state index contributed by atoms with van der Waals surface area (Å²) in [4.78, 5) is 13.7. The summed E-state index contributed by atoms with van der Waals surface area (Å²) in [6, 6.07) is 8.09. The lowest BCUT2D eigenvalue weighted by atomic mass is 10.0. The molecule has 5 nitrogen and oxygen atoms in total. The topological polar surface area (TPSA) is 75.3 Å². The molecule has 1 aliphatic carbocycles. The smallest absolute Gasteiger partial charge is 0.251 e. The first-order valence-electron chi connectivity index (χ1n) is 8.44. The number of benzene rings is 1. The van der Waals surface area contributed by atoms with E-state index >= 15 is 0 Å². The van der Waals surface area contributed by atoms with E-state index in [1.165, 1.54) is 12.1 Å². The van der Waals surface area contributed by atoms with Gasteiger partial charge in [0.25, 0.3) is 5.91 Å². The first kappa shape index (κ1) is 19.4. The van der Waals surface area contributed by atoms with Crippen molar-refractivity contribution in [1.29, 1.82) is 0 Å². The lowest BCUT2D eigenvalue weighted by molar-refractivity contribution is 0.0926. The second-order valence-electron chi connectivity index (χ2n) is 6.75. The zero-order valence-electron chi connectivity index (χ0n) is 14.5. The summed E-state index contributed by atoms with van der Waals surface area (Å²) in [5, 5.41) is 5.07. The minimum Gasteiger partial charge on any atom is -0.344 e. The normalized spacial score (nSPS) is 15.8. The van der Waals surface area contributed by atoms with Gasteiger partial charge in [0, 0.05) is 16.5 Å². The monoisotopic (exact) mass is 412 g/mol. The van der Waals surface area contributed by atoms with Gasteiger partial charge in [-0.25, -0.2) is 13.1 Å². The summed E-state index contributed by atoms with van der Waals surface area (Å²) in [5.41, 5.74) is 0.271. The summed E-state index contributed by atoms with van der Waals surface area (Å²) < 4.78 is 27.5. The van der Waals surface area contributed by atoms with Crippen molar-refractivity contribution >= 4 is 38.9 Å². The quantitative estimate of drug-likeness (QED) is 0.722. The molecule has 1 saturated carbocycles. The van der Waals surface area contributed by atoms with Crippen LogP contribution in [0.4, 0.5) is 0 Å². The highest BCUT2D eigenvalue weighted by atomic mass is 35.5. The van der Waals surface area contributed by atoms with Crippen LogP contribution in [-0.2, 0) is 10.0 Å². The Bertz CT molecular complexity index is 891. The number of halogens is 1. The number of rotatable bonds is 7. The molecule has 1 atom stereocenters. The molecule has 1 aromatic carbocycles. The van der Waals surface area contributed by atoms with Gasteiger partial charge in [0.05, 0.1) is 11.1 Å². The number of hydrogen-bond acceptors (Lipinski definition) is 4. The first-order chi connectivity index (χ1) is 12.3. The summed E-state index contributed by atoms with van der Waals surface area (Å²) in [6.45, 7) is 4.06. The number of sulfonamides is 1. The van der Waals surface area contributed by atoms with Crippen molar-refractivity contribution in [2.75, 3.05) is 0 Å². The Hall–Kier alpha value is -1.41. The molecule has 1 aliphatic rings. The van der Waals surface area contributed by atoms with E-state index in [4.69, 9.17) is 11.6 Å². The molecule has 0 bridgehead atoms. The highest BCUT2D eigenvalue weighted by Gasteiger charge is 2.30. The van der Waals surface area contributed by atoms with Gasteiger partial charge in [-0.2, -0.15) is 0 Å². The van der Waals surface area contributed by atoms with E-state index < -0.39 is 10.0 Å². The molecule has 0 spiro atoms.